The van der Waals surface area contributed by atoms with Gasteiger partial charge >= 0.3 is 5.97 Å². The van der Waals surface area contributed by atoms with E-state index in [0.29, 0.717) is 17.0 Å². The number of hydrogen-bond acceptors (Lipinski definition) is 7. The van der Waals surface area contributed by atoms with E-state index in [2.05, 4.69) is 0 Å². The van der Waals surface area contributed by atoms with Crippen LogP contribution in [-0.4, -0.2) is 39.1 Å². The lowest BCUT2D eigenvalue weighted by Gasteiger charge is -2.27. The van der Waals surface area contributed by atoms with E-state index >= 15 is 0 Å². The van der Waals surface area contributed by atoms with E-state index in [-0.39, 0.29) is 17.1 Å². The number of nitrogens with zero attached hydrogens (tertiary/aromatic N) is 1. The number of hydrogen-bond donors (Lipinski definition) is 1. The highest BCUT2D eigenvalue weighted by Crippen LogP contribution is 2.45. The van der Waals surface area contributed by atoms with Gasteiger partial charge in [-0.25, -0.2) is 13.2 Å². The number of ether oxygens (including phenoxy) is 2. The number of esters is 1. The SMILES string of the molecule is CCOC(=O)c1ccc(N2C(=O)C(O)=C(S(=O)(=O)c3ccccc3)C2c2ccc(OC)cc2)cc1. The Morgan fingerprint density at radius 3 is 2.17 bits per heavy atom. The van der Waals surface area contributed by atoms with Crippen LogP contribution in [-0.2, 0) is 19.4 Å². The van der Waals surface area contributed by atoms with Crippen molar-refractivity contribution in [3.63, 3.8) is 0 Å². The molecule has 1 aliphatic heterocycles. The van der Waals surface area contributed by atoms with E-state index in [9.17, 15) is 23.1 Å². The maximum Gasteiger partial charge on any atom is 0.338 e. The van der Waals surface area contributed by atoms with Crippen molar-refractivity contribution in [3.8, 4) is 5.75 Å². The molecule has 4 rings (SSSR count). The number of anilines is 1. The summed E-state index contributed by atoms with van der Waals surface area (Å²) in [4.78, 5) is 26.0. The van der Waals surface area contributed by atoms with Crippen molar-refractivity contribution < 1.29 is 32.6 Å². The van der Waals surface area contributed by atoms with Crippen molar-refractivity contribution in [2.45, 2.75) is 17.9 Å². The summed E-state index contributed by atoms with van der Waals surface area (Å²) in [5.41, 5.74) is 1.03. The zero-order valence-electron chi connectivity index (χ0n) is 19.0. The average Bonchev–Trinajstić information content (AvgIpc) is 3.15. The van der Waals surface area contributed by atoms with Gasteiger partial charge in [-0.1, -0.05) is 30.3 Å². The third-order valence-electron chi connectivity index (χ3n) is 5.59. The number of carbonyl (C=O) groups excluding carboxylic acids is 2. The Hall–Kier alpha value is -4.11. The van der Waals surface area contributed by atoms with Gasteiger partial charge in [-0.3, -0.25) is 9.69 Å². The number of amides is 1. The van der Waals surface area contributed by atoms with Crippen LogP contribution in [0.1, 0.15) is 28.9 Å². The van der Waals surface area contributed by atoms with Crippen LogP contribution in [0, 0.1) is 0 Å². The van der Waals surface area contributed by atoms with Crippen LogP contribution in [0.4, 0.5) is 5.69 Å². The number of methoxy groups -OCH3 is 1. The predicted octanol–water partition coefficient (Wildman–Crippen LogP) is 4.20. The molecule has 1 heterocycles. The van der Waals surface area contributed by atoms with E-state index in [0.717, 1.165) is 0 Å². The standard InChI is InChI=1S/C26H23NO7S/c1-3-34-26(30)18-9-13-19(14-10-18)27-22(17-11-15-20(33-2)16-12-17)24(23(28)25(27)29)35(31,32)21-7-5-4-6-8-21/h4-16,22,28H,3H2,1-2H3. The Bertz CT molecular complexity index is 1380. The number of rotatable bonds is 7. The Labute approximate surface area is 202 Å². The molecule has 1 aliphatic rings. The molecule has 8 nitrogen and oxygen atoms in total. The Morgan fingerprint density at radius 1 is 0.971 bits per heavy atom. The molecule has 3 aromatic carbocycles. The van der Waals surface area contributed by atoms with Crippen molar-refractivity contribution in [1.29, 1.82) is 0 Å². The second-order valence-electron chi connectivity index (χ2n) is 7.65. The molecular weight excluding hydrogens is 470 g/mol. The second-order valence-corrected chi connectivity index (χ2v) is 9.57. The van der Waals surface area contributed by atoms with E-state index in [1.165, 1.54) is 48.4 Å². The third-order valence-corrected chi connectivity index (χ3v) is 7.48. The molecule has 1 amide bonds. The maximum atomic E-state index is 13.6. The Morgan fingerprint density at radius 2 is 1.60 bits per heavy atom. The molecule has 180 valence electrons. The molecule has 0 bridgehead atoms. The lowest BCUT2D eigenvalue weighted by molar-refractivity contribution is -0.117. The molecule has 9 heteroatoms. The van der Waals surface area contributed by atoms with Gasteiger partial charge in [0.2, 0.25) is 9.84 Å². The quantitative estimate of drug-likeness (QED) is 0.491. The first-order chi connectivity index (χ1) is 16.8. The topological polar surface area (TPSA) is 110 Å². The number of carbonyl (C=O) groups is 2. The van der Waals surface area contributed by atoms with Crippen LogP contribution in [0.25, 0.3) is 0 Å². The highest BCUT2D eigenvalue weighted by molar-refractivity contribution is 7.95. The summed E-state index contributed by atoms with van der Waals surface area (Å²) in [5.74, 6) is -1.70. The molecule has 0 aromatic heterocycles. The molecule has 3 aromatic rings. The molecule has 35 heavy (non-hydrogen) atoms. The van der Waals surface area contributed by atoms with E-state index in [1.54, 1.807) is 49.4 Å². The fraction of sp³-hybridized carbons (Fsp3) is 0.154. The lowest BCUT2D eigenvalue weighted by atomic mass is 10.1. The smallest absolute Gasteiger partial charge is 0.338 e. The van der Waals surface area contributed by atoms with E-state index in [4.69, 9.17) is 9.47 Å². The molecule has 0 fully saturated rings. The highest BCUT2D eigenvalue weighted by Gasteiger charge is 2.47. The van der Waals surface area contributed by atoms with Gasteiger partial charge in [0.25, 0.3) is 5.91 Å². The molecule has 1 N–H and O–H groups in total. The molecule has 1 unspecified atom stereocenters. The van der Waals surface area contributed by atoms with Gasteiger partial charge in [0.1, 0.15) is 16.7 Å². The minimum absolute atomic E-state index is 0.0487. The monoisotopic (exact) mass is 493 g/mol. The predicted molar refractivity (Wildman–Crippen MR) is 129 cm³/mol. The maximum absolute atomic E-state index is 13.6. The van der Waals surface area contributed by atoms with Gasteiger partial charge < -0.3 is 14.6 Å². The van der Waals surface area contributed by atoms with Crippen LogP contribution >= 0.6 is 0 Å². The minimum Gasteiger partial charge on any atom is -0.502 e. The first-order valence-corrected chi connectivity index (χ1v) is 12.3. The van der Waals surface area contributed by atoms with Gasteiger partial charge in [0.05, 0.1) is 24.2 Å². The van der Waals surface area contributed by atoms with E-state index < -0.39 is 38.4 Å². The van der Waals surface area contributed by atoms with Gasteiger partial charge in [0, 0.05) is 5.69 Å². The summed E-state index contributed by atoms with van der Waals surface area (Å²) < 4.78 is 37.4. The summed E-state index contributed by atoms with van der Waals surface area (Å²) >= 11 is 0. The summed E-state index contributed by atoms with van der Waals surface area (Å²) in [6.07, 6.45) is 0. The number of sulfone groups is 1. The first-order valence-electron chi connectivity index (χ1n) is 10.8. The van der Waals surface area contributed by atoms with Crippen molar-refractivity contribution in [2.75, 3.05) is 18.6 Å². The minimum atomic E-state index is -4.24. The van der Waals surface area contributed by atoms with Gasteiger partial charge in [-0.05, 0) is 61.0 Å². The summed E-state index contributed by atoms with van der Waals surface area (Å²) in [7, 11) is -2.74. The fourth-order valence-corrected chi connectivity index (χ4v) is 5.56. The number of aliphatic hydroxyl groups excluding tert-OH is 1. The Kier molecular flexibility index (Phi) is 6.61. The number of benzene rings is 3. The normalized spacial score (nSPS) is 15.9. The zero-order chi connectivity index (χ0) is 25.2. The van der Waals surface area contributed by atoms with Crippen LogP contribution in [0.2, 0.25) is 0 Å². The molecule has 0 spiro atoms. The largest absolute Gasteiger partial charge is 0.502 e. The van der Waals surface area contributed by atoms with Crippen molar-refractivity contribution in [2.24, 2.45) is 0 Å². The fourth-order valence-electron chi connectivity index (χ4n) is 3.91. The zero-order valence-corrected chi connectivity index (χ0v) is 19.9. The van der Waals surface area contributed by atoms with E-state index in [1.807, 2.05) is 0 Å². The van der Waals surface area contributed by atoms with Crippen molar-refractivity contribution in [3.05, 3.63) is 101 Å². The van der Waals surface area contributed by atoms with Crippen molar-refractivity contribution >= 4 is 27.4 Å². The van der Waals surface area contributed by atoms with Crippen LogP contribution in [0.5, 0.6) is 5.75 Å². The summed E-state index contributed by atoms with van der Waals surface area (Å²) in [6.45, 7) is 1.90. The molecule has 1 atom stereocenters. The van der Waals surface area contributed by atoms with Gasteiger partial charge in [0.15, 0.2) is 5.76 Å². The number of aliphatic hydroxyl groups is 1. The van der Waals surface area contributed by atoms with Crippen LogP contribution < -0.4 is 9.64 Å². The molecule has 0 aliphatic carbocycles. The molecular formula is C26H23NO7S. The van der Waals surface area contributed by atoms with Crippen LogP contribution in [0.3, 0.4) is 0 Å². The summed E-state index contributed by atoms with van der Waals surface area (Å²) in [5, 5.41) is 10.8. The van der Waals surface area contributed by atoms with Gasteiger partial charge in [-0.15, -0.1) is 0 Å². The lowest BCUT2D eigenvalue weighted by Crippen LogP contribution is -2.31. The first kappa shape index (κ1) is 24.0. The summed E-state index contributed by atoms with van der Waals surface area (Å²) in [6, 6.07) is 19.0. The molecule has 0 radical (unpaired) electrons. The van der Waals surface area contributed by atoms with Gasteiger partial charge in [-0.2, -0.15) is 0 Å². The van der Waals surface area contributed by atoms with Crippen LogP contribution in [0.15, 0.2) is 94.4 Å². The highest BCUT2D eigenvalue weighted by atomic mass is 32.2. The Balaban J connectivity index is 1.85. The molecule has 0 saturated heterocycles. The average molecular weight is 494 g/mol. The second kappa shape index (κ2) is 9.63. The van der Waals surface area contributed by atoms with Crippen molar-refractivity contribution in [1.82, 2.24) is 0 Å². The molecule has 0 saturated carbocycles. The third kappa shape index (κ3) is 4.38.